The van der Waals surface area contributed by atoms with Gasteiger partial charge in [0.15, 0.2) is 11.3 Å². The van der Waals surface area contributed by atoms with Gasteiger partial charge in [-0.25, -0.2) is 19.6 Å². The zero-order chi connectivity index (χ0) is 38.7. The predicted octanol–water partition coefficient (Wildman–Crippen LogP) is 4.14. The third-order valence-corrected chi connectivity index (χ3v) is 10.2. The van der Waals surface area contributed by atoms with Crippen LogP contribution in [0, 0.1) is 0 Å². The Balaban J connectivity index is 0.000000158. The van der Waals surface area contributed by atoms with Crippen molar-refractivity contribution in [1.29, 1.82) is 0 Å². The fourth-order valence-electron chi connectivity index (χ4n) is 7.45. The van der Waals surface area contributed by atoms with Gasteiger partial charge in [-0.05, 0) is 62.8 Å². The van der Waals surface area contributed by atoms with Gasteiger partial charge in [-0.1, -0.05) is 24.3 Å². The molecule has 1 N–H and O–H groups in total. The van der Waals surface area contributed by atoms with Crippen LogP contribution in [-0.4, -0.2) is 99.7 Å². The smallest absolute Gasteiger partial charge is 0.345 e. The molecule has 0 atom stereocenters. The number of halogens is 1. The number of carboxylic acids is 1. The topological polar surface area (TPSA) is 174 Å². The van der Waals surface area contributed by atoms with Crippen LogP contribution in [0.1, 0.15) is 34.1 Å². The summed E-state index contributed by atoms with van der Waals surface area (Å²) in [5.74, 6) is -1.38. The lowest BCUT2D eigenvalue weighted by atomic mass is 10.2. The van der Waals surface area contributed by atoms with E-state index in [2.05, 4.69) is 31.8 Å². The lowest BCUT2D eigenvalue weighted by Crippen LogP contribution is -2.30. The molecule has 7 heterocycles. The second-order valence-electron chi connectivity index (χ2n) is 13.3. The molecule has 280 valence electrons. The number of aromatic nitrogens is 8. The minimum Gasteiger partial charge on any atom is -0.477 e. The van der Waals surface area contributed by atoms with E-state index in [9.17, 15) is 24.3 Å². The summed E-state index contributed by atoms with van der Waals surface area (Å²) in [7, 11) is 5.65. The van der Waals surface area contributed by atoms with Crippen molar-refractivity contribution in [2.24, 2.45) is 14.1 Å². The average molecular weight is 763 g/mol. The Morgan fingerprint density at radius 2 is 1.29 bits per heavy atom. The van der Waals surface area contributed by atoms with Gasteiger partial charge in [0.2, 0.25) is 22.1 Å². The van der Waals surface area contributed by atoms with Crippen LogP contribution in [-0.2, 0) is 18.8 Å². The second-order valence-corrected chi connectivity index (χ2v) is 13.6. The molecule has 1 aliphatic heterocycles. The van der Waals surface area contributed by atoms with E-state index in [1.165, 1.54) is 12.4 Å². The SMILES string of the molecule is CCOC(=O)c1c(=O)c2cnc(Cl)nc2n2c3ccccc3n(C)c12.CN1CCCN(c2ncc3c(=O)c(C(=O)O)c4n(C)c5ccccc5n4c3n2)CC1. The van der Waals surface area contributed by atoms with Crippen molar-refractivity contribution in [3.63, 3.8) is 0 Å². The first-order valence-corrected chi connectivity index (χ1v) is 18.0. The molecule has 2 aromatic carbocycles. The van der Waals surface area contributed by atoms with Gasteiger partial charge < -0.3 is 28.8 Å². The minimum atomic E-state index is -1.26. The van der Waals surface area contributed by atoms with E-state index in [1.54, 1.807) is 39.0 Å². The maximum absolute atomic E-state index is 13.1. The number of benzene rings is 2. The van der Waals surface area contributed by atoms with Crippen LogP contribution in [0.15, 0.2) is 70.5 Å². The molecule has 1 saturated heterocycles. The lowest BCUT2D eigenvalue weighted by Gasteiger charge is -2.20. The van der Waals surface area contributed by atoms with Gasteiger partial charge in [0.05, 0.1) is 39.4 Å². The molecule has 55 heavy (non-hydrogen) atoms. The highest BCUT2D eigenvalue weighted by atomic mass is 35.5. The Labute approximate surface area is 316 Å². The first-order valence-electron chi connectivity index (χ1n) is 17.6. The predicted molar refractivity (Wildman–Crippen MR) is 209 cm³/mol. The molecule has 6 aromatic heterocycles. The Morgan fingerprint density at radius 3 is 1.89 bits per heavy atom. The quantitative estimate of drug-likeness (QED) is 0.201. The normalized spacial score (nSPS) is 13.9. The third kappa shape index (κ3) is 5.72. The number of aryl methyl sites for hydroxylation is 2. The van der Waals surface area contributed by atoms with Gasteiger partial charge in [0.25, 0.3) is 0 Å². The number of likely N-dealkylation sites (N-methyl/N-ethyl adjacent to an activating group) is 1. The Hall–Kier alpha value is -6.39. The maximum Gasteiger partial charge on any atom is 0.345 e. The van der Waals surface area contributed by atoms with Gasteiger partial charge in [-0.2, -0.15) is 9.97 Å². The van der Waals surface area contributed by atoms with Crippen molar-refractivity contribution in [2.75, 3.05) is 44.7 Å². The number of para-hydroxylation sites is 4. The molecule has 16 nitrogen and oxygen atoms in total. The summed E-state index contributed by atoms with van der Waals surface area (Å²) in [5, 5.41) is 10.2. The van der Waals surface area contributed by atoms with Crippen LogP contribution >= 0.6 is 11.6 Å². The zero-order valence-electron chi connectivity index (χ0n) is 30.4. The van der Waals surface area contributed by atoms with Crippen molar-refractivity contribution in [3.05, 3.63) is 97.8 Å². The van der Waals surface area contributed by atoms with Crippen molar-refractivity contribution >= 4 is 84.9 Å². The standard InChI is InChI=1S/C21H22N6O3.C17H13ClN4O3/c1-24-8-5-9-26(11-10-24)21-22-12-13-17(28)16(20(29)30)19-25(2)14-6-3-4-7-15(14)27(19)18(13)23-21;1-3-25-16(24)12-13(23)9-8-19-17(18)20-14(9)22-11-7-5-4-6-10(11)21(2)15(12)22/h3-4,6-7,12H,5,8-11H2,1-2H3,(H,29,30);4-8H,3H2,1-2H3. The summed E-state index contributed by atoms with van der Waals surface area (Å²) in [4.78, 5) is 72.3. The molecule has 0 unspecified atom stereocenters. The van der Waals surface area contributed by atoms with Crippen molar-refractivity contribution in [1.82, 2.24) is 42.8 Å². The largest absolute Gasteiger partial charge is 0.477 e. The molecule has 0 radical (unpaired) electrons. The molecule has 1 fully saturated rings. The van der Waals surface area contributed by atoms with Crippen molar-refractivity contribution in [3.8, 4) is 0 Å². The molecule has 0 bridgehead atoms. The molecule has 8 aromatic rings. The zero-order valence-corrected chi connectivity index (χ0v) is 31.1. The number of hydrogen-bond acceptors (Lipinski definition) is 11. The molecule has 0 spiro atoms. The molecule has 9 rings (SSSR count). The van der Waals surface area contributed by atoms with E-state index in [4.69, 9.17) is 21.3 Å². The number of anilines is 1. The van der Waals surface area contributed by atoms with E-state index in [0.717, 1.165) is 54.7 Å². The van der Waals surface area contributed by atoms with E-state index in [1.807, 2.05) is 48.5 Å². The summed E-state index contributed by atoms with van der Waals surface area (Å²) in [5.41, 5.74) is 3.42. The molecule has 0 aliphatic carbocycles. The van der Waals surface area contributed by atoms with Crippen molar-refractivity contribution in [2.45, 2.75) is 13.3 Å². The number of aromatic carboxylic acids is 1. The molecule has 17 heteroatoms. The number of esters is 1. The van der Waals surface area contributed by atoms with Crippen LogP contribution in [0.5, 0.6) is 0 Å². The number of nitrogens with zero attached hydrogens (tertiary/aromatic N) is 10. The van der Waals surface area contributed by atoms with Crippen LogP contribution in [0.2, 0.25) is 5.28 Å². The van der Waals surface area contributed by atoms with E-state index in [0.29, 0.717) is 28.5 Å². The van der Waals surface area contributed by atoms with Gasteiger partial charge in [0, 0.05) is 46.1 Å². The third-order valence-electron chi connectivity index (χ3n) is 10.0. The highest BCUT2D eigenvalue weighted by Crippen LogP contribution is 2.28. The molecule has 0 saturated carbocycles. The number of carbonyl (C=O) groups is 2. The number of fused-ring (bicyclic) bond motifs is 10. The highest BCUT2D eigenvalue weighted by Gasteiger charge is 2.27. The summed E-state index contributed by atoms with van der Waals surface area (Å²) < 4.78 is 12.1. The number of carboxylic acid groups (broad SMARTS) is 1. The molecular formula is C38H35ClN10O6. The van der Waals surface area contributed by atoms with Gasteiger partial charge in [0.1, 0.15) is 22.4 Å². The summed E-state index contributed by atoms with van der Waals surface area (Å²) in [6, 6.07) is 15.1. The first-order chi connectivity index (χ1) is 26.5. The summed E-state index contributed by atoms with van der Waals surface area (Å²) in [6.07, 6.45) is 3.80. The molecular weight excluding hydrogens is 728 g/mol. The number of ether oxygens (including phenoxy) is 1. The summed E-state index contributed by atoms with van der Waals surface area (Å²) >= 11 is 5.95. The fraction of sp³-hybridized carbons (Fsp3) is 0.263. The van der Waals surface area contributed by atoms with E-state index in [-0.39, 0.29) is 33.8 Å². The van der Waals surface area contributed by atoms with Crippen LogP contribution in [0.3, 0.4) is 0 Å². The number of imidazole rings is 2. The molecule has 1 aliphatic rings. The Bertz CT molecular complexity index is 3000. The Morgan fingerprint density at radius 1 is 0.745 bits per heavy atom. The monoisotopic (exact) mass is 762 g/mol. The highest BCUT2D eigenvalue weighted by molar-refractivity contribution is 6.28. The van der Waals surface area contributed by atoms with Gasteiger partial charge in [-0.15, -0.1) is 0 Å². The molecule has 0 amide bonds. The minimum absolute atomic E-state index is 0.0255. The van der Waals surface area contributed by atoms with Gasteiger partial charge in [-0.3, -0.25) is 18.4 Å². The Kier molecular flexibility index (Phi) is 8.93. The first kappa shape index (κ1) is 35.6. The van der Waals surface area contributed by atoms with E-state index >= 15 is 0 Å². The van der Waals surface area contributed by atoms with Crippen LogP contribution in [0.4, 0.5) is 5.95 Å². The number of carbonyl (C=O) groups excluding carboxylic acids is 1. The number of hydrogen-bond donors (Lipinski definition) is 1. The number of rotatable bonds is 4. The number of pyridine rings is 2. The van der Waals surface area contributed by atoms with E-state index < -0.39 is 22.8 Å². The van der Waals surface area contributed by atoms with Gasteiger partial charge >= 0.3 is 11.9 Å². The average Bonchev–Trinajstić information content (AvgIpc) is 3.52. The fourth-order valence-corrected chi connectivity index (χ4v) is 7.58. The second kappa shape index (κ2) is 13.8. The van der Waals surface area contributed by atoms with Crippen LogP contribution < -0.4 is 15.8 Å². The summed E-state index contributed by atoms with van der Waals surface area (Å²) in [6.45, 7) is 5.41. The lowest BCUT2D eigenvalue weighted by molar-refractivity contribution is 0.0526. The van der Waals surface area contributed by atoms with Crippen molar-refractivity contribution < 1.29 is 19.4 Å². The van der Waals surface area contributed by atoms with Crippen LogP contribution in [0.25, 0.3) is 55.4 Å². The maximum atomic E-state index is 13.1.